The van der Waals surface area contributed by atoms with Gasteiger partial charge in [-0.15, -0.1) is 0 Å². The predicted octanol–water partition coefficient (Wildman–Crippen LogP) is 2.55. The third kappa shape index (κ3) is 3.47. The van der Waals surface area contributed by atoms with E-state index in [0.717, 1.165) is 11.3 Å². The van der Waals surface area contributed by atoms with Gasteiger partial charge < -0.3 is 14.6 Å². The zero-order valence-electron chi connectivity index (χ0n) is 11.1. The number of aryl methyl sites for hydroxylation is 1. The molecule has 0 aliphatic heterocycles. The fraction of sp³-hybridized carbons (Fsp3) is 0.200. The Balaban J connectivity index is 1.88. The summed E-state index contributed by atoms with van der Waals surface area (Å²) in [4.78, 5) is 14.8. The van der Waals surface area contributed by atoms with Crippen molar-refractivity contribution in [1.29, 1.82) is 0 Å². The van der Waals surface area contributed by atoms with Crippen molar-refractivity contribution in [1.82, 2.24) is 4.98 Å². The molecule has 0 aliphatic carbocycles. The van der Waals surface area contributed by atoms with Gasteiger partial charge in [0.2, 0.25) is 0 Å². The Morgan fingerprint density at radius 3 is 2.55 bits per heavy atom. The van der Waals surface area contributed by atoms with Crippen LogP contribution in [0.2, 0.25) is 0 Å². The number of ether oxygens (including phenoxy) is 2. The third-order valence-electron chi connectivity index (χ3n) is 2.71. The van der Waals surface area contributed by atoms with E-state index in [0.29, 0.717) is 6.61 Å². The van der Waals surface area contributed by atoms with E-state index in [4.69, 9.17) is 14.6 Å². The van der Waals surface area contributed by atoms with E-state index in [1.807, 2.05) is 31.2 Å². The molecule has 0 saturated heterocycles. The van der Waals surface area contributed by atoms with E-state index in [2.05, 4.69) is 4.98 Å². The average molecular weight is 273 g/mol. The van der Waals surface area contributed by atoms with Crippen LogP contribution < -0.4 is 9.47 Å². The maximum absolute atomic E-state index is 11.0. The van der Waals surface area contributed by atoms with Crippen LogP contribution in [0, 0.1) is 6.92 Å². The first-order valence-corrected chi connectivity index (χ1v) is 6.17. The van der Waals surface area contributed by atoms with Gasteiger partial charge in [0.25, 0.3) is 0 Å². The number of aromatic carboxylic acids is 1. The largest absolute Gasteiger partial charge is 0.490 e. The van der Waals surface area contributed by atoms with E-state index in [1.165, 1.54) is 18.5 Å². The van der Waals surface area contributed by atoms with Gasteiger partial charge in [-0.3, -0.25) is 4.98 Å². The first-order chi connectivity index (χ1) is 9.68. The molecule has 0 aliphatic rings. The Morgan fingerprint density at radius 1 is 1.15 bits per heavy atom. The van der Waals surface area contributed by atoms with E-state index >= 15 is 0 Å². The number of carbonyl (C=O) groups is 1. The van der Waals surface area contributed by atoms with Gasteiger partial charge in [-0.25, -0.2) is 4.79 Å². The van der Waals surface area contributed by atoms with Gasteiger partial charge in [0.1, 0.15) is 24.5 Å². The summed E-state index contributed by atoms with van der Waals surface area (Å²) in [5, 5.41) is 9.00. The first-order valence-electron chi connectivity index (χ1n) is 6.17. The molecule has 1 aromatic heterocycles. The van der Waals surface area contributed by atoms with E-state index < -0.39 is 5.97 Å². The molecule has 2 aromatic rings. The SMILES string of the molecule is Cc1ccccc1OCCOc1cnccc1C(=O)O. The maximum atomic E-state index is 11.0. The topological polar surface area (TPSA) is 68.7 Å². The Morgan fingerprint density at radius 2 is 1.85 bits per heavy atom. The molecule has 5 nitrogen and oxygen atoms in total. The molecule has 1 heterocycles. The zero-order chi connectivity index (χ0) is 14.4. The Labute approximate surface area is 116 Å². The van der Waals surface area contributed by atoms with Crippen molar-refractivity contribution in [3.05, 3.63) is 53.9 Å². The fourth-order valence-electron chi connectivity index (χ4n) is 1.69. The van der Waals surface area contributed by atoms with E-state index in [9.17, 15) is 4.79 Å². The summed E-state index contributed by atoms with van der Waals surface area (Å²) < 4.78 is 11.0. The zero-order valence-corrected chi connectivity index (χ0v) is 11.1. The highest BCUT2D eigenvalue weighted by Gasteiger charge is 2.10. The second-order valence-corrected chi connectivity index (χ2v) is 4.14. The van der Waals surface area contributed by atoms with Crippen LogP contribution >= 0.6 is 0 Å². The molecule has 1 aromatic carbocycles. The lowest BCUT2D eigenvalue weighted by Gasteiger charge is -2.11. The highest BCUT2D eigenvalue weighted by molar-refractivity contribution is 5.90. The summed E-state index contributed by atoms with van der Waals surface area (Å²) in [6, 6.07) is 9.07. The van der Waals surface area contributed by atoms with Gasteiger partial charge in [0, 0.05) is 6.20 Å². The van der Waals surface area contributed by atoms with Crippen molar-refractivity contribution in [3.63, 3.8) is 0 Å². The van der Waals surface area contributed by atoms with Gasteiger partial charge in [-0.05, 0) is 24.6 Å². The smallest absolute Gasteiger partial charge is 0.339 e. The normalized spacial score (nSPS) is 10.1. The van der Waals surface area contributed by atoms with Crippen molar-refractivity contribution in [2.24, 2.45) is 0 Å². The number of carboxylic acid groups (broad SMARTS) is 1. The number of pyridine rings is 1. The molecule has 0 fully saturated rings. The highest BCUT2D eigenvalue weighted by atomic mass is 16.5. The summed E-state index contributed by atoms with van der Waals surface area (Å²) in [6.07, 6.45) is 2.80. The number of benzene rings is 1. The number of carboxylic acids is 1. The van der Waals surface area contributed by atoms with E-state index in [-0.39, 0.29) is 17.9 Å². The molecular formula is C15H15NO4. The fourth-order valence-corrected chi connectivity index (χ4v) is 1.69. The van der Waals surface area contributed by atoms with Crippen LogP contribution in [0.1, 0.15) is 15.9 Å². The lowest BCUT2D eigenvalue weighted by Crippen LogP contribution is -2.11. The molecule has 0 bridgehead atoms. The molecule has 0 atom stereocenters. The van der Waals surface area contributed by atoms with Gasteiger partial charge in [0.05, 0.1) is 6.20 Å². The number of aromatic nitrogens is 1. The van der Waals surface area contributed by atoms with Gasteiger partial charge in [0.15, 0.2) is 5.75 Å². The van der Waals surface area contributed by atoms with Crippen molar-refractivity contribution >= 4 is 5.97 Å². The molecule has 2 rings (SSSR count). The molecule has 0 unspecified atom stereocenters. The molecule has 5 heteroatoms. The van der Waals surface area contributed by atoms with Crippen molar-refractivity contribution in [2.75, 3.05) is 13.2 Å². The van der Waals surface area contributed by atoms with Crippen molar-refractivity contribution in [3.8, 4) is 11.5 Å². The van der Waals surface area contributed by atoms with Crippen LogP contribution in [-0.2, 0) is 0 Å². The number of para-hydroxylation sites is 1. The summed E-state index contributed by atoms with van der Waals surface area (Å²) in [5.74, 6) is -0.00338. The van der Waals surface area contributed by atoms with E-state index in [1.54, 1.807) is 0 Å². The predicted molar refractivity (Wildman–Crippen MR) is 73.4 cm³/mol. The first kappa shape index (κ1) is 13.9. The minimum absolute atomic E-state index is 0.0934. The minimum atomic E-state index is -1.04. The molecular weight excluding hydrogens is 258 g/mol. The molecule has 0 spiro atoms. The number of nitrogens with zero attached hydrogens (tertiary/aromatic N) is 1. The van der Waals surface area contributed by atoms with Crippen molar-refractivity contribution < 1.29 is 19.4 Å². The lowest BCUT2D eigenvalue weighted by atomic mass is 10.2. The second-order valence-electron chi connectivity index (χ2n) is 4.14. The summed E-state index contributed by atoms with van der Waals surface area (Å²) in [6.45, 7) is 2.54. The average Bonchev–Trinajstić information content (AvgIpc) is 2.45. The molecule has 104 valence electrons. The van der Waals surface area contributed by atoms with Crippen LogP contribution in [0.4, 0.5) is 0 Å². The summed E-state index contributed by atoms with van der Waals surface area (Å²) in [7, 11) is 0. The number of hydrogen-bond acceptors (Lipinski definition) is 4. The molecule has 0 saturated carbocycles. The molecule has 0 radical (unpaired) electrons. The van der Waals surface area contributed by atoms with Crippen LogP contribution in [0.25, 0.3) is 0 Å². The minimum Gasteiger partial charge on any atom is -0.490 e. The Bertz CT molecular complexity index is 598. The highest BCUT2D eigenvalue weighted by Crippen LogP contribution is 2.17. The van der Waals surface area contributed by atoms with Crippen molar-refractivity contribution in [2.45, 2.75) is 6.92 Å². The Hall–Kier alpha value is -2.56. The molecule has 20 heavy (non-hydrogen) atoms. The number of rotatable bonds is 6. The van der Waals surface area contributed by atoms with Crippen LogP contribution in [-0.4, -0.2) is 29.3 Å². The van der Waals surface area contributed by atoms with Crippen LogP contribution in [0.5, 0.6) is 11.5 Å². The molecule has 1 N–H and O–H groups in total. The summed E-state index contributed by atoms with van der Waals surface area (Å²) in [5.41, 5.74) is 1.14. The van der Waals surface area contributed by atoms with Gasteiger partial charge in [-0.2, -0.15) is 0 Å². The van der Waals surface area contributed by atoms with Gasteiger partial charge >= 0.3 is 5.97 Å². The van der Waals surface area contributed by atoms with Crippen LogP contribution in [0.3, 0.4) is 0 Å². The van der Waals surface area contributed by atoms with Gasteiger partial charge in [-0.1, -0.05) is 18.2 Å². The second kappa shape index (κ2) is 6.56. The monoisotopic (exact) mass is 273 g/mol. The van der Waals surface area contributed by atoms with Crippen LogP contribution in [0.15, 0.2) is 42.7 Å². The molecule has 0 amide bonds. The summed E-state index contributed by atoms with van der Waals surface area (Å²) >= 11 is 0. The maximum Gasteiger partial charge on any atom is 0.339 e. The Kier molecular flexibility index (Phi) is 4.55. The lowest BCUT2D eigenvalue weighted by molar-refractivity contribution is 0.0691. The quantitative estimate of drug-likeness (QED) is 0.819. The standard InChI is InChI=1S/C15H15NO4/c1-11-4-2-3-5-13(11)19-8-9-20-14-10-16-7-6-12(14)15(17)18/h2-7,10H,8-9H2,1H3,(H,17,18). The number of hydrogen-bond donors (Lipinski definition) is 1. The third-order valence-corrected chi connectivity index (χ3v) is 2.71.